The molecular weight excluding hydrogens is 256 g/mol. The predicted molar refractivity (Wildman–Crippen MR) is 78.2 cm³/mol. The fourth-order valence-electron chi connectivity index (χ4n) is 2.94. The highest BCUT2D eigenvalue weighted by molar-refractivity contribution is 7.99. The number of hydrogen-bond acceptors (Lipinski definition) is 3. The Kier molecular flexibility index (Phi) is 3.80. The Balaban J connectivity index is 1.72. The SMILES string of the molecule is CC1CCNC1C(=O)NC1CCSc2ccccc21. The van der Waals surface area contributed by atoms with E-state index in [1.807, 2.05) is 11.8 Å². The van der Waals surface area contributed by atoms with Crippen molar-refractivity contribution in [2.45, 2.75) is 36.7 Å². The summed E-state index contributed by atoms with van der Waals surface area (Å²) in [7, 11) is 0. The van der Waals surface area contributed by atoms with Gasteiger partial charge in [-0.25, -0.2) is 0 Å². The molecule has 0 spiro atoms. The largest absolute Gasteiger partial charge is 0.348 e. The second-order valence-corrected chi connectivity index (χ2v) is 6.57. The maximum Gasteiger partial charge on any atom is 0.237 e. The van der Waals surface area contributed by atoms with E-state index in [0.29, 0.717) is 5.92 Å². The molecule has 0 aromatic heterocycles. The summed E-state index contributed by atoms with van der Waals surface area (Å²) in [5, 5.41) is 6.54. The van der Waals surface area contributed by atoms with Crippen molar-refractivity contribution < 1.29 is 4.79 Å². The van der Waals surface area contributed by atoms with Crippen LogP contribution in [0.4, 0.5) is 0 Å². The van der Waals surface area contributed by atoms with Crippen LogP contribution < -0.4 is 10.6 Å². The van der Waals surface area contributed by atoms with Crippen molar-refractivity contribution in [1.82, 2.24) is 10.6 Å². The number of amides is 1. The van der Waals surface area contributed by atoms with Gasteiger partial charge in [0.05, 0.1) is 12.1 Å². The first-order valence-corrected chi connectivity index (χ1v) is 8.00. The number of fused-ring (bicyclic) bond motifs is 1. The van der Waals surface area contributed by atoms with Gasteiger partial charge in [0, 0.05) is 10.6 Å². The lowest BCUT2D eigenvalue weighted by Gasteiger charge is -2.27. The van der Waals surface area contributed by atoms with E-state index in [-0.39, 0.29) is 18.0 Å². The first kappa shape index (κ1) is 13.0. The quantitative estimate of drug-likeness (QED) is 0.871. The van der Waals surface area contributed by atoms with Gasteiger partial charge >= 0.3 is 0 Å². The molecule has 1 fully saturated rings. The van der Waals surface area contributed by atoms with Gasteiger partial charge in [-0.05, 0) is 36.9 Å². The van der Waals surface area contributed by atoms with Gasteiger partial charge in [0.2, 0.25) is 5.91 Å². The first-order chi connectivity index (χ1) is 9.25. The van der Waals surface area contributed by atoms with Gasteiger partial charge in [-0.1, -0.05) is 25.1 Å². The molecule has 102 valence electrons. The van der Waals surface area contributed by atoms with E-state index in [0.717, 1.165) is 25.1 Å². The van der Waals surface area contributed by atoms with E-state index in [1.165, 1.54) is 10.5 Å². The summed E-state index contributed by atoms with van der Waals surface area (Å²) in [6.07, 6.45) is 2.11. The van der Waals surface area contributed by atoms with Crippen LogP contribution in [0.25, 0.3) is 0 Å². The predicted octanol–water partition coefficient (Wildman–Crippen LogP) is 2.34. The van der Waals surface area contributed by atoms with Gasteiger partial charge in [0.1, 0.15) is 0 Å². The van der Waals surface area contributed by atoms with Crippen LogP contribution in [0, 0.1) is 5.92 Å². The molecule has 0 radical (unpaired) electrons. The molecule has 2 heterocycles. The van der Waals surface area contributed by atoms with Crippen molar-refractivity contribution in [3.8, 4) is 0 Å². The number of carbonyl (C=O) groups excluding carboxylic acids is 1. The highest BCUT2D eigenvalue weighted by Gasteiger charge is 2.31. The van der Waals surface area contributed by atoms with Gasteiger partial charge in [0.15, 0.2) is 0 Å². The molecule has 3 nitrogen and oxygen atoms in total. The molecule has 3 atom stereocenters. The summed E-state index contributed by atoms with van der Waals surface area (Å²) < 4.78 is 0. The Morgan fingerprint density at radius 2 is 2.21 bits per heavy atom. The zero-order valence-electron chi connectivity index (χ0n) is 11.2. The molecule has 0 aliphatic carbocycles. The third kappa shape index (κ3) is 2.65. The lowest BCUT2D eigenvalue weighted by atomic mass is 10.00. The lowest BCUT2D eigenvalue weighted by molar-refractivity contribution is -0.124. The summed E-state index contributed by atoms with van der Waals surface area (Å²) in [4.78, 5) is 13.7. The lowest BCUT2D eigenvalue weighted by Crippen LogP contribution is -2.45. The first-order valence-electron chi connectivity index (χ1n) is 7.01. The van der Waals surface area contributed by atoms with Crippen molar-refractivity contribution in [2.24, 2.45) is 5.92 Å². The molecule has 1 saturated heterocycles. The van der Waals surface area contributed by atoms with Crippen molar-refractivity contribution in [3.05, 3.63) is 29.8 Å². The number of thioether (sulfide) groups is 1. The molecule has 1 aromatic carbocycles. The molecule has 3 unspecified atom stereocenters. The molecule has 3 rings (SSSR count). The minimum atomic E-state index is -0.0123. The highest BCUT2D eigenvalue weighted by Crippen LogP contribution is 2.35. The molecule has 1 amide bonds. The van der Waals surface area contributed by atoms with Crippen molar-refractivity contribution in [2.75, 3.05) is 12.3 Å². The van der Waals surface area contributed by atoms with E-state index in [2.05, 4.69) is 41.8 Å². The van der Waals surface area contributed by atoms with E-state index in [1.54, 1.807) is 0 Å². The second-order valence-electron chi connectivity index (χ2n) is 5.43. The van der Waals surface area contributed by atoms with Crippen molar-refractivity contribution in [3.63, 3.8) is 0 Å². The minimum Gasteiger partial charge on any atom is -0.348 e. The van der Waals surface area contributed by atoms with E-state index in [4.69, 9.17) is 0 Å². The van der Waals surface area contributed by atoms with E-state index < -0.39 is 0 Å². The normalized spacial score (nSPS) is 29.8. The third-order valence-corrected chi connectivity index (χ3v) is 5.21. The fraction of sp³-hybridized carbons (Fsp3) is 0.533. The number of hydrogen-bond donors (Lipinski definition) is 2. The maximum atomic E-state index is 12.4. The van der Waals surface area contributed by atoms with Crippen LogP contribution in [0.5, 0.6) is 0 Å². The molecule has 2 aliphatic heterocycles. The van der Waals surface area contributed by atoms with E-state index in [9.17, 15) is 4.79 Å². The number of rotatable bonds is 2. The minimum absolute atomic E-state index is 0.0123. The van der Waals surface area contributed by atoms with Gasteiger partial charge in [-0.15, -0.1) is 11.8 Å². The summed E-state index contributed by atoms with van der Waals surface area (Å²) in [6, 6.07) is 8.57. The van der Waals surface area contributed by atoms with Crippen molar-refractivity contribution >= 4 is 17.7 Å². The molecule has 2 N–H and O–H groups in total. The summed E-state index contributed by atoms with van der Waals surface area (Å²) in [5.41, 5.74) is 1.28. The molecule has 19 heavy (non-hydrogen) atoms. The Morgan fingerprint density at radius 3 is 3.00 bits per heavy atom. The highest BCUT2D eigenvalue weighted by atomic mass is 32.2. The van der Waals surface area contributed by atoms with Crippen LogP contribution in [-0.4, -0.2) is 24.2 Å². The van der Waals surface area contributed by atoms with Gasteiger partial charge in [0.25, 0.3) is 0 Å². The molecular formula is C15H20N2OS. The molecule has 0 saturated carbocycles. The number of carbonyl (C=O) groups is 1. The summed E-state index contributed by atoms with van der Waals surface area (Å²) in [5.74, 6) is 1.68. The number of benzene rings is 1. The zero-order valence-corrected chi connectivity index (χ0v) is 12.0. The summed E-state index contributed by atoms with van der Waals surface area (Å²) in [6.45, 7) is 3.10. The van der Waals surface area contributed by atoms with Gasteiger partial charge < -0.3 is 10.6 Å². The molecule has 2 aliphatic rings. The topological polar surface area (TPSA) is 41.1 Å². The van der Waals surface area contributed by atoms with Crippen LogP contribution in [0.2, 0.25) is 0 Å². The molecule has 1 aromatic rings. The van der Waals surface area contributed by atoms with Crippen molar-refractivity contribution in [1.29, 1.82) is 0 Å². The third-order valence-electron chi connectivity index (χ3n) is 4.09. The van der Waals surface area contributed by atoms with Gasteiger partial charge in [-0.2, -0.15) is 0 Å². The zero-order chi connectivity index (χ0) is 13.2. The monoisotopic (exact) mass is 276 g/mol. The van der Waals surface area contributed by atoms with Gasteiger partial charge in [-0.3, -0.25) is 4.79 Å². The van der Waals surface area contributed by atoms with Crippen LogP contribution >= 0.6 is 11.8 Å². The average molecular weight is 276 g/mol. The standard InChI is InChI=1S/C15H20N2OS/c1-10-6-8-16-14(10)15(18)17-12-7-9-19-13-5-3-2-4-11(12)13/h2-5,10,12,14,16H,6-9H2,1H3,(H,17,18). The maximum absolute atomic E-state index is 12.4. The van der Waals surface area contributed by atoms with E-state index >= 15 is 0 Å². The van der Waals surface area contributed by atoms with Crippen LogP contribution in [-0.2, 0) is 4.79 Å². The Labute approximate surface area is 118 Å². The fourth-order valence-corrected chi connectivity index (χ4v) is 4.06. The molecule has 0 bridgehead atoms. The summed E-state index contributed by atoms with van der Waals surface area (Å²) >= 11 is 1.89. The van der Waals surface area contributed by atoms with Crippen LogP contribution in [0.3, 0.4) is 0 Å². The second kappa shape index (κ2) is 5.55. The Morgan fingerprint density at radius 1 is 1.37 bits per heavy atom. The Bertz CT molecular complexity index is 477. The average Bonchev–Trinajstić information content (AvgIpc) is 2.85. The smallest absolute Gasteiger partial charge is 0.237 e. The van der Waals surface area contributed by atoms with Crippen LogP contribution in [0.1, 0.15) is 31.4 Å². The Hall–Kier alpha value is -1.00. The van der Waals surface area contributed by atoms with Crippen LogP contribution in [0.15, 0.2) is 29.2 Å². The molecule has 4 heteroatoms. The number of nitrogens with one attached hydrogen (secondary N) is 2.